The lowest BCUT2D eigenvalue weighted by Gasteiger charge is -2.35. The van der Waals surface area contributed by atoms with Gasteiger partial charge in [-0.2, -0.15) is 0 Å². The molecule has 4 heteroatoms. The van der Waals surface area contributed by atoms with Gasteiger partial charge in [-0.15, -0.1) is 0 Å². The Kier molecular flexibility index (Phi) is 7.34. The van der Waals surface area contributed by atoms with Gasteiger partial charge < -0.3 is 9.47 Å². The molecule has 1 unspecified atom stereocenters. The maximum Gasteiger partial charge on any atom is 0.329 e. The molecule has 0 aliphatic rings. The van der Waals surface area contributed by atoms with E-state index in [2.05, 4.69) is 12.2 Å². The minimum Gasteiger partial charge on any atom is -0.465 e. The summed E-state index contributed by atoms with van der Waals surface area (Å²) in [6, 6.07) is 0. The molecule has 96 valence electrons. The molecule has 0 aromatic heterocycles. The fourth-order valence-electron chi connectivity index (χ4n) is 1.62. The van der Waals surface area contributed by atoms with Gasteiger partial charge >= 0.3 is 5.97 Å². The number of hydrogen-bond acceptors (Lipinski definition) is 4. The molecule has 1 N–H and O–H groups in total. The number of ether oxygens (including phenoxy) is 2. The third-order valence-corrected chi connectivity index (χ3v) is 2.69. The van der Waals surface area contributed by atoms with Crippen LogP contribution < -0.4 is 5.32 Å². The standard InChI is InChI=1S/C12H25NO3/c1-6-8-13-12(9-15-5,10(3)4)11(14)16-7-2/h10,13H,6-9H2,1-5H3. The van der Waals surface area contributed by atoms with E-state index < -0.39 is 5.54 Å². The summed E-state index contributed by atoms with van der Waals surface area (Å²) >= 11 is 0. The van der Waals surface area contributed by atoms with E-state index in [9.17, 15) is 4.79 Å². The van der Waals surface area contributed by atoms with Crippen LogP contribution in [0.5, 0.6) is 0 Å². The molecule has 4 nitrogen and oxygen atoms in total. The van der Waals surface area contributed by atoms with E-state index >= 15 is 0 Å². The molecule has 0 bridgehead atoms. The first-order chi connectivity index (χ1) is 7.55. The molecule has 0 spiro atoms. The summed E-state index contributed by atoms with van der Waals surface area (Å²) in [5.74, 6) is -0.0987. The van der Waals surface area contributed by atoms with Gasteiger partial charge in [0.25, 0.3) is 0 Å². The lowest BCUT2D eigenvalue weighted by atomic mass is 9.87. The summed E-state index contributed by atoms with van der Waals surface area (Å²) in [7, 11) is 1.60. The lowest BCUT2D eigenvalue weighted by molar-refractivity contribution is -0.156. The Morgan fingerprint density at radius 3 is 2.38 bits per heavy atom. The minimum atomic E-state index is -0.721. The van der Waals surface area contributed by atoms with Gasteiger partial charge in [0.1, 0.15) is 5.54 Å². The highest BCUT2D eigenvalue weighted by molar-refractivity contribution is 5.81. The Bertz CT molecular complexity index is 206. The second kappa shape index (κ2) is 7.63. The molecule has 0 saturated heterocycles. The number of methoxy groups -OCH3 is 1. The van der Waals surface area contributed by atoms with Crippen LogP contribution in [0.2, 0.25) is 0 Å². The smallest absolute Gasteiger partial charge is 0.329 e. The van der Waals surface area contributed by atoms with Crippen LogP contribution in [0.25, 0.3) is 0 Å². The highest BCUT2D eigenvalue weighted by atomic mass is 16.5. The van der Waals surface area contributed by atoms with Crippen molar-refractivity contribution in [1.29, 1.82) is 0 Å². The van der Waals surface area contributed by atoms with Gasteiger partial charge in [-0.25, -0.2) is 4.79 Å². The summed E-state index contributed by atoms with van der Waals surface area (Å²) < 4.78 is 10.3. The van der Waals surface area contributed by atoms with Crippen LogP contribution in [-0.2, 0) is 14.3 Å². The zero-order valence-electron chi connectivity index (χ0n) is 11.1. The summed E-state index contributed by atoms with van der Waals surface area (Å²) in [5, 5.41) is 3.27. The van der Waals surface area contributed by atoms with Crippen molar-refractivity contribution in [3.63, 3.8) is 0 Å². The van der Waals surface area contributed by atoms with Crippen LogP contribution >= 0.6 is 0 Å². The molecule has 0 aromatic rings. The lowest BCUT2D eigenvalue weighted by Crippen LogP contribution is -2.60. The normalized spacial score (nSPS) is 14.9. The van der Waals surface area contributed by atoms with Crippen molar-refractivity contribution in [2.75, 3.05) is 26.9 Å². The van der Waals surface area contributed by atoms with E-state index in [4.69, 9.17) is 9.47 Å². The molecule has 0 rings (SSSR count). The van der Waals surface area contributed by atoms with Gasteiger partial charge in [0.2, 0.25) is 0 Å². The summed E-state index contributed by atoms with van der Waals surface area (Å²) in [6.45, 7) is 9.39. The van der Waals surface area contributed by atoms with Crippen LogP contribution in [0.4, 0.5) is 0 Å². The van der Waals surface area contributed by atoms with Crippen LogP contribution in [0.1, 0.15) is 34.1 Å². The Balaban J connectivity index is 4.84. The number of esters is 1. The molecular formula is C12H25NO3. The van der Waals surface area contributed by atoms with Crippen molar-refractivity contribution in [2.45, 2.75) is 39.7 Å². The van der Waals surface area contributed by atoms with E-state index in [1.165, 1.54) is 0 Å². The van der Waals surface area contributed by atoms with Gasteiger partial charge in [0.15, 0.2) is 0 Å². The van der Waals surface area contributed by atoms with Gasteiger partial charge in [0, 0.05) is 7.11 Å². The Labute approximate surface area is 98.7 Å². The second-order valence-electron chi connectivity index (χ2n) is 4.21. The molecule has 0 amide bonds. The highest BCUT2D eigenvalue weighted by Gasteiger charge is 2.42. The van der Waals surface area contributed by atoms with E-state index in [1.807, 2.05) is 20.8 Å². The van der Waals surface area contributed by atoms with Gasteiger partial charge in [-0.05, 0) is 25.8 Å². The monoisotopic (exact) mass is 231 g/mol. The van der Waals surface area contributed by atoms with E-state index in [0.717, 1.165) is 13.0 Å². The van der Waals surface area contributed by atoms with Gasteiger partial charge in [0.05, 0.1) is 13.2 Å². The molecule has 0 fully saturated rings. The first kappa shape index (κ1) is 15.4. The molecule has 0 aliphatic heterocycles. The van der Waals surface area contributed by atoms with Crippen molar-refractivity contribution in [1.82, 2.24) is 5.32 Å². The van der Waals surface area contributed by atoms with E-state index in [1.54, 1.807) is 7.11 Å². The van der Waals surface area contributed by atoms with E-state index in [-0.39, 0.29) is 11.9 Å². The fourth-order valence-corrected chi connectivity index (χ4v) is 1.62. The summed E-state index contributed by atoms with van der Waals surface area (Å²) in [5.41, 5.74) is -0.721. The molecular weight excluding hydrogens is 206 g/mol. The number of hydrogen-bond donors (Lipinski definition) is 1. The maximum atomic E-state index is 12.0. The fraction of sp³-hybridized carbons (Fsp3) is 0.917. The molecule has 0 saturated carbocycles. The third-order valence-electron chi connectivity index (χ3n) is 2.69. The summed E-state index contributed by atoms with van der Waals surface area (Å²) in [4.78, 5) is 12.0. The Morgan fingerprint density at radius 1 is 1.38 bits per heavy atom. The van der Waals surface area contributed by atoms with Gasteiger partial charge in [-0.1, -0.05) is 20.8 Å². The Hall–Kier alpha value is -0.610. The van der Waals surface area contributed by atoms with Crippen LogP contribution in [0, 0.1) is 5.92 Å². The SMILES string of the molecule is CCCNC(COC)(C(=O)OCC)C(C)C. The zero-order valence-corrected chi connectivity index (χ0v) is 11.1. The number of nitrogens with one attached hydrogen (secondary N) is 1. The van der Waals surface area contributed by atoms with Crippen LogP contribution in [0.3, 0.4) is 0 Å². The van der Waals surface area contributed by atoms with Crippen molar-refractivity contribution in [2.24, 2.45) is 5.92 Å². The first-order valence-electron chi connectivity index (χ1n) is 5.96. The molecule has 16 heavy (non-hydrogen) atoms. The molecule has 0 radical (unpaired) electrons. The molecule has 0 aromatic carbocycles. The van der Waals surface area contributed by atoms with E-state index in [0.29, 0.717) is 13.2 Å². The van der Waals surface area contributed by atoms with Gasteiger partial charge in [-0.3, -0.25) is 5.32 Å². The topological polar surface area (TPSA) is 47.6 Å². The molecule has 1 atom stereocenters. The van der Waals surface area contributed by atoms with Crippen LogP contribution in [0.15, 0.2) is 0 Å². The number of rotatable bonds is 8. The number of carbonyl (C=O) groups excluding carboxylic acids is 1. The molecule has 0 aliphatic carbocycles. The predicted octanol–water partition coefficient (Wildman–Crippen LogP) is 1.59. The third kappa shape index (κ3) is 3.76. The van der Waals surface area contributed by atoms with Crippen molar-refractivity contribution >= 4 is 5.97 Å². The Morgan fingerprint density at radius 2 is 2.00 bits per heavy atom. The largest absolute Gasteiger partial charge is 0.465 e. The average molecular weight is 231 g/mol. The zero-order chi connectivity index (χ0) is 12.6. The minimum absolute atomic E-state index is 0.123. The first-order valence-corrected chi connectivity index (χ1v) is 5.96. The highest BCUT2D eigenvalue weighted by Crippen LogP contribution is 2.20. The molecule has 0 heterocycles. The maximum absolute atomic E-state index is 12.0. The predicted molar refractivity (Wildman–Crippen MR) is 64.4 cm³/mol. The summed E-state index contributed by atoms with van der Waals surface area (Å²) in [6.07, 6.45) is 0.970. The van der Waals surface area contributed by atoms with Crippen molar-refractivity contribution < 1.29 is 14.3 Å². The van der Waals surface area contributed by atoms with Crippen LogP contribution in [-0.4, -0.2) is 38.4 Å². The second-order valence-corrected chi connectivity index (χ2v) is 4.21. The van der Waals surface area contributed by atoms with Crippen molar-refractivity contribution in [3.05, 3.63) is 0 Å². The van der Waals surface area contributed by atoms with Crippen molar-refractivity contribution in [3.8, 4) is 0 Å². The average Bonchev–Trinajstić information content (AvgIpc) is 2.24. The number of carbonyl (C=O) groups is 1. The quantitative estimate of drug-likeness (QED) is 0.644.